The number of nitrogens with two attached hydrogens (primary N) is 1. The molecule has 0 bridgehead atoms. The predicted molar refractivity (Wildman–Crippen MR) is 72.8 cm³/mol. The monoisotopic (exact) mass is 254 g/mol. The minimum atomic E-state index is -0.765. The lowest BCUT2D eigenvalue weighted by molar-refractivity contribution is 0.132. The third-order valence-corrected chi connectivity index (χ3v) is 3.05. The summed E-state index contributed by atoms with van der Waals surface area (Å²) < 4.78 is 5.40. The van der Waals surface area contributed by atoms with Crippen LogP contribution in [0.5, 0.6) is 5.75 Å². The average Bonchev–Trinajstić information content (AvgIpc) is 2.41. The van der Waals surface area contributed by atoms with Crippen molar-refractivity contribution in [1.82, 2.24) is 0 Å². The number of aliphatic hydroxyl groups is 2. The van der Waals surface area contributed by atoms with E-state index in [0.717, 1.165) is 0 Å². The van der Waals surface area contributed by atoms with E-state index in [4.69, 9.17) is 10.5 Å². The van der Waals surface area contributed by atoms with E-state index < -0.39 is 5.54 Å². The van der Waals surface area contributed by atoms with Gasteiger partial charge in [-0.05, 0) is 25.5 Å². The van der Waals surface area contributed by atoms with Crippen LogP contribution in [-0.2, 0) is 0 Å². The van der Waals surface area contributed by atoms with E-state index in [0.29, 0.717) is 30.2 Å². The molecule has 18 heavy (non-hydrogen) atoms. The molecule has 1 aromatic rings. The Kier molecular flexibility index (Phi) is 5.25. The van der Waals surface area contributed by atoms with Gasteiger partial charge in [0.25, 0.3) is 0 Å². The van der Waals surface area contributed by atoms with Crippen molar-refractivity contribution >= 4 is 11.4 Å². The van der Waals surface area contributed by atoms with Gasteiger partial charge in [-0.15, -0.1) is 0 Å². The second-order valence-corrected chi connectivity index (χ2v) is 4.23. The maximum Gasteiger partial charge on any atom is 0.144 e. The summed E-state index contributed by atoms with van der Waals surface area (Å²) in [6.07, 6.45) is 0.582. The molecule has 0 aromatic heterocycles. The van der Waals surface area contributed by atoms with Crippen molar-refractivity contribution in [3.05, 3.63) is 18.2 Å². The first-order valence-corrected chi connectivity index (χ1v) is 6.13. The quantitative estimate of drug-likeness (QED) is 0.549. The van der Waals surface area contributed by atoms with Crippen LogP contribution in [0.3, 0.4) is 0 Å². The summed E-state index contributed by atoms with van der Waals surface area (Å²) in [6, 6.07) is 5.40. The highest BCUT2D eigenvalue weighted by Gasteiger charge is 2.27. The number of hydrogen-bond acceptors (Lipinski definition) is 5. The summed E-state index contributed by atoms with van der Waals surface area (Å²) in [5.74, 6) is 0.600. The van der Waals surface area contributed by atoms with Crippen LogP contribution in [0.1, 0.15) is 20.3 Å². The summed E-state index contributed by atoms with van der Waals surface area (Å²) in [5, 5.41) is 21.9. The smallest absolute Gasteiger partial charge is 0.144 e. The third kappa shape index (κ3) is 3.05. The molecule has 0 saturated heterocycles. The normalized spacial score (nSPS) is 11.3. The van der Waals surface area contributed by atoms with Crippen LogP contribution in [0, 0.1) is 0 Å². The molecule has 0 radical (unpaired) electrons. The Hall–Kier alpha value is -1.46. The second kappa shape index (κ2) is 6.47. The van der Waals surface area contributed by atoms with Gasteiger partial charge >= 0.3 is 0 Å². The lowest BCUT2D eigenvalue weighted by Gasteiger charge is -2.31. The number of nitrogen functional groups attached to an aromatic ring is 1. The minimum Gasteiger partial charge on any atom is -0.492 e. The van der Waals surface area contributed by atoms with Gasteiger partial charge in [0.2, 0.25) is 0 Å². The largest absolute Gasteiger partial charge is 0.492 e. The van der Waals surface area contributed by atoms with Crippen LogP contribution >= 0.6 is 0 Å². The van der Waals surface area contributed by atoms with Gasteiger partial charge in [-0.1, -0.05) is 13.0 Å². The minimum absolute atomic E-state index is 0.168. The molecule has 0 saturated carbocycles. The molecule has 102 valence electrons. The van der Waals surface area contributed by atoms with Crippen LogP contribution in [0.4, 0.5) is 11.4 Å². The first-order chi connectivity index (χ1) is 8.62. The van der Waals surface area contributed by atoms with Gasteiger partial charge in [0.15, 0.2) is 0 Å². The van der Waals surface area contributed by atoms with Crippen molar-refractivity contribution in [2.24, 2.45) is 0 Å². The lowest BCUT2D eigenvalue weighted by Crippen LogP contribution is -2.45. The summed E-state index contributed by atoms with van der Waals surface area (Å²) in [6.45, 7) is 3.97. The number of ether oxygens (including phenoxy) is 1. The molecule has 0 amide bonds. The van der Waals surface area contributed by atoms with E-state index in [1.165, 1.54) is 0 Å². The Balaban J connectivity index is 2.99. The fourth-order valence-corrected chi connectivity index (χ4v) is 1.66. The first kappa shape index (κ1) is 14.6. The van der Waals surface area contributed by atoms with Crippen LogP contribution in [-0.4, -0.2) is 35.6 Å². The van der Waals surface area contributed by atoms with Gasteiger partial charge in [-0.2, -0.15) is 0 Å². The van der Waals surface area contributed by atoms with E-state index in [9.17, 15) is 10.2 Å². The molecule has 5 N–H and O–H groups in total. The molecule has 0 aliphatic carbocycles. The highest BCUT2D eigenvalue weighted by molar-refractivity contribution is 5.73. The first-order valence-electron chi connectivity index (χ1n) is 6.13. The molecule has 5 heteroatoms. The summed E-state index contributed by atoms with van der Waals surface area (Å²) >= 11 is 0. The van der Waals surface area contributed by atoms with Gasteiger partial charge < -0.3 is 26.0 Å². The molecule has 0 spiro atoms. The molecule has 0 heterocycles. The molecule has 1 rings (SSSR count). The Morgan fingerprint density at radius 1 is 1.28 bits per heavy atom. The van der Waals surface area contributed by atoms with Crippen LogP contribution in [0.25, 0.3) is 0 Å². The number of anilines is 2. The van der Waals surface area contributed by atoms with E-state index in [2.05, 4.69) is 5.32 Å². The zero-order valence-electron chi connectivity index (χ0n) is 10.9. The number of aliphatic hydroxyl groups excluding tert-OH is 2. The van der Waals surface area contributed by atoms with Gasteiger partial charge in [0.1, 0.15) is 5.75 Å². The topological polar surface area (TPSA) is 87.7 Å². The van der Waals surface area contributed by atoms with Crippen molar-refractivity contribution in [2.75, 3.05) is 30.9 Å². The van der Waals surface area contributed by atoms with Gasteiger partial charge in [0, 0.05) is 0 Å². The highest BCUT2D eigenvalue weighted by Crippen LogP contribution is 2.31. The highest BCUT2D eigenvalue weighted by atomic mass is 16.5. The zero-order valence-corrected chi connectivity index (χ0v) is 10.9. The van der Waals surface area contributed by atoms with E-state index in [1.54, 1.807) is 12.1 Å². The summed E-state index contributed by atoms with van der Waals surface area (Å²) in [7, 11) is 0. The molecule has 0 atom stereocenters. The third-order valence-electron chi connectivity index (χ3n) is 3.05. The van der Waals surface area contributed by atoms with Crippen LogP contribution in [0.15, 0.2) is 18.2 Å². The maximum atomic E-state index is 9.41. The Labute approximate surface area is 108 Å². The van der Waals surface area contributed by atoms with Crippen LogP contribution in [0.2, 0.25) is 0 Å². The second-order valence-electron chi connectivity index (χ2n) is 4.23. The summed E-state index contributed by atoms with van der Waals surface area (Å²) in [4.78, 5) is 0. The number of nitrogens with one attached hydrogen (secondary N) is 1. The van der Waals surface area contributed by atoms with Crippen molar-refractivity contribution in [3.8, 4) is 5.75 Å². The van der Waals surface area contributed by atoms with Crippen molar-refractivity contribution < 1.29 is 14.9 Å². The number of hydrogen-bond donors (Lipinski definition) is 4. The lowest BCUT2D eigenvalue weighted by atomic mass is 9.97. The summed E-state index contributed by atoms with van der Waals surface area (Å²) in [5.41, 5.74) is 6.37. The molecule has 0 fully saturated rings. The van der Waals surface area contributed by atoms with Gasteiger partial charge in [-0.25, -0.2) is 0 Å². The van der Waals surface area contributed by atoms with Crippen molar-refractivity contribution in [3.63, 3.8) is 0 Å². The standard InChI is InChI=1S/C13H22N2O3/c1-3-13(8-16,9-17)15-10-6-5-7-11(12(10)14)18-4-2/h5-7,15-17H,3-4,8-9,14H2,1-2H3. The number of benzene rings is 1. The molecule has 1 aromatic carbocycles. The number of rotatable bonds is 7. The molecular formula is C13H22N2O3. The zero-order chi connectivity index (χ0) is 13.6. The Morgan fingerprint density at radius 3 is 2.44 bits per heavy atom. The van der Waals surface area contributed by atoms with Crippen molar-refractivity contribution in [2.45, 2.75) is 25.8 Å². The van der Waals surface area contributed by atoms with E-state index >= 15 is 0 Å². The van der Waals surface area contributed by atoms with Gasteiger partial charge in [0.05, 0.1) is 36.7 Å². The Morgan fingerprint density at radius 2 is 1.94 bits per heavy atom. The van der Waals surface area contributed by atoms with Crippen LogP contribution < -0.4 is 15.8 Å². The average molecular weight is 254 g/mol. The van der Waals surface area contributed by atoms with E-state index in [-0.39, 0.29) is 13.2 Å². The fraction of sp³-hybridized carbons (Fsp3) is 0.538. The van der Waals surface area contributed by atoms with Crippen molar-refractivity contribution in [1.29, 1.82) is 0 Å². The molecule has 0 aliphatic rings. The Bertz CT molecular complexity index is 370. The molecule has 0 aliphatic heterocycles. The molecular weight excluding hydrogens is 232 g/mol. The molecule has 5 nitrogen and oxygen atoms in total. The predicted octanol–water partition coefficient (Wildman–Crippen LogP) is 1.21. The SMILES string of the molecule is CCOc1cccc(NC(CC)(CO)CO)c1N. The van der Waals surface area contributed by atoms with Gasteiger partial charge in [-0.3, -0.25) is 0 Å². The maximum absolute atomic E-state index is 9.41. The molecule has 0 unspecified atom stereocenters. The van der Waals surface area contributed by atoms with E-state index in [1.807, 2.05) is 19.9 Å². The fourth-order valence-electron chi connectivity index (χ4n) is 1.66. The number of para-hydroxylation sites is 1.